The van der Waals surface area contributed by atoms with Crippen LogP contribution in [0.2, 0.25) is 0 Å². The van der Waals surface area contributed by atoms with E-state index in [0.29, 0.717) is 0 Å². The molecule has 1 N–H and O–H groups in total. The summed E-state index contributed by atoms with van der Waals surface area (Å²) in [5, 5.41) is 6.70. The van der Waals surface area contributed by atoms with Crippen molar-refractivity contribution in [3.63, 3.8) is 0 Å². The van der Waals surface area contributed by atoms with Crippen LogP contribution in [0.3, 0.4) is 0 Å². The molecule has 0 rings (SSSR count). The van der Waals surface area contributed by atoms with Gasteiger partial charge in [-0.3, -0.25) is 15.0 Å². The SMILES string of the molecule is CC(=O)C(=N)C(C)=O. The summed E-state index contributed by atoms with van der Waals surface area (Å²) in [7, 11) is 0. The second kappa shape index (κ2) is 2.35. The van der Waals surface area contributed by atoms with Gasteiger partial charge in [0.1, 0.15) is 5.71 Å². The minimum absolute atomic E-state index is 0.426. The molecule has 0 radical (unpaired) electrons. The zero-order chi connectivity index (χ0) is 6.73. The number of hydrogen-bond acceptors (Lipinski definition) is 3. The smallest absolute Gasteiger partial charge is 0.181 e. The first-order valence-corrected chi connectivity index (χ1v) is 2.16. The predicted molar refractivity (Wildman–Crippen MR) is 29.1 cm³/mol. The van der Waals surface area contributed by atoms with Crippen molar-refractivity contribution in [3.05, 3.63) is 0 Å². The monoisotopic (exact) mass is 113 g/mol. The fourth-order valence-corrected chi connectivity index (χ4v) is 0.248. The third kappa shape index (κ3) is 1.64. The Kier molecular flexibility index (Phi) is 2.06. The Hall–Kier alpha value is -0.990. The summed E-state index contributed by atoms with van der Waals surface area (Å²) in [6.45, 7) is 2.40. The Balaban J connectivity index is 4.05. The van der Waals surface area contributed by atoms with E-state index in [0.717, 1.165) is 0 Å². The highest BCUT2D eigenvalue weighted by atomic mass is 16.1. The van der Waals surface area contributed by atoms with E-state index in [-0.39, 0.29) is 0 Å². The number of carbonyl (C=O) groups excluding carboxylic acids is 2. The Morgan fingerprint density at radius 1 is 1.12 bits per heavy atom. The lowest BCUT2D eigenvalue weighted by Crippen LogP contribution is -2.16. The van der Waals surface area contributed by atoms with Crippen LogP contribution in [0.25, 0.3) is 0 Å². The molecule has 0 spiro atoms. The van der Waals surface area contributed by atoms with Crippen molar-refractivity contribution in [1.82, 2.24) is 0 Å². The van der Waals surface area contributed by atoms with E-state index in [4.69, 9.17) is 5.41 Å². The van der Waals surface area contributed by atoms with Gasteiger partial charge >= 0.3 is 0 Å². The molecular formula is C5H7NO2. The van der Waals surface area contributed by atoms with E-state index in [1.807, 2.05) is 0 Å². The zero-order valence-electron chi connectivity index (χ0n) is 4.82. The molecular weight excluding hydrogens is 106 g/mol. The largest absolute Gasteiger partial charge is 0.294 e. The molecule has 0 unspecified atom stereocenters. The molecule has 0 aromatic heterocycles. The molecule has 0 amide bonds. The minimum Gasteiger partial charge on any atom is -0.294 e. The third-order valence-corrected chi connectivity index (χ3v) is 0.704. The van der Waals surface area contributed by atoms with E-state index in [1.54, 1.807) is 0 Å². The molecule has 0 aromatic rings. The van der Waals surface area contributed by atoms with Crippen LogP contribution in [0.5, 0.6) is 0 Å². The van der Waals surface area contributed by atoms with Gasteiger partial charge in [0, 0.05) is 13.8 Å². The summed E-state index contributed by atoms with van der Waals surface area (Å²) >= 11 is 0. The molecule has 0 saturated heterocycles. The Morgan fingerprint density at radius 2 is 1.38 bits per heavy atom. The molecule has 0 aromatic carbocycles. The van der Waals surface area contributed by atoms with Crippen molar-refractivity contribution in [2.24, 2.45) is 0 Å². The number of nitrogens with one attached hydrogen (secondary N) is 1. The highest BCUT2D eigenvalue weighted by Crippen LogP contribution is 1.76. The first-order valence-electron chi connectivity index (χ1n) is 2.16. The number of ketones is 2. The van der Waals surface area contributed by atoms with Crippen LogP contribution in [0.15, 0.2) is 0 Å². The topological polar surface area (TPSA) is 58.0 Å². The van der Waals surface area contributed by atoms with Crippen LogP contribution in [0, 0.1) is 5.41 Å². The number of rotatable bonds is 2. The maximum atomic E-state index is 10.1. The van der Waals surface area contributed by atoms with Crippen molar-refractivity contribution in [2.45, 2.75) is 13.8 Å². The van der Waals surface area contributed by atoms with E-state index in [2.05, 4.69) is 0 Å². The molecule has 0 aliphatic heterocycles. The van der Waals surface area contributed by atoms with E-state index >= 15 is 0 Å². The lowest BCUT2D eigenvalue weighted by atomic mass is 10.2. The standard InChI is InChI=1S/C5H7NO2/c1-3(7)5(6)4(2)8/h6H,1-2H3. The van der Waals surface area contributed by atoms with Gasteiger partial charge in [0.25, 0.3) is 0 Å². The highest BCUT2D eigenvalue weighted by molar-refractivity contribution is 6.64. The highest BCUT2D eigenvalue weighted by Gasteiger charge is 2.06. The van der Waals surface area contributed by atoms with Crippen LogP contribution in [0.4, 0.5) is 0 Å². The molecule has 0 atom stereocenters. The molecule has 0 bridgehead atoms. The summed E-state index contributed by atoms with van der Waals surface area (Å²) in [5.41, 5.74) is -0.426. The minimum atomic E-state index is -0.475. The summed E-state index contributed by atoms with van der Waals surface area (Å²) in [6, 6.07) is 0. The first kappa shape index (κ1) is 7.01. The fraction of sp³-hybridized carbons (Fsp3) is 0.400. The predicted octanol–water partition coefficient (Wildman–Crippen LogP) is 0.184. The maximum Gasteiger partial charge on any atom is 0.181 e. The molecule has 3 heteroatoms. The fourth-order valence-electron chi connectivity index (χ4n) is 0.248. The van der Waals surface area contributed by atoms with Gasteiger partial charge in [-0.05, 0) is 0 Å². The molecule has 0 aliphatic carbocycles. The summed E-state index contributed by atoms with van der Waals surface area (Å²) < 4.78 is 0. The lowest BCUT2D eigenvalue weighted by molar-refractivity contribution is -0.115. The second-order valence-electron chi connectivity index (χ2n) is 1.49. The quantitative estimate of drug-likeness (QED) is 0.410. The van der Waals surface area contributed by atoms with Gasteiger partial charge in [0.15, 0.2) is 11.6 Å². The first-order chi connectivity index (χ1) is 3.55. The molecule has 0 aliphatic rings. The van der Waals surface area contributed by atoms with Crippen molar-refractivity contribution in [3.8, 4) is 0 Å². The summed E-state index contributed by atoms with van der Waals surface area (Å²) in [5.74, 6) is -0.949. The van der Waals surface area contributed by atoms with E-state index < -0.39 is 17.3 Å². The Bertz CT molecular complexity index is 133. The number of Topliss-reactive ketones (excluding diaryl/α,β-unsaturated/α-hetero) is 2. The zero-order valence-corrected chi connectivity index (χ0v) is 4.82. The maximum absolute atomic E-state index is 10.1. The molecule has 0 saturated carbocycles. The molecule has 8 heavy (non-hydrogen) atoms. The van der Waals surface area contributed by atoms with Crippen molar-refractivity contribution in [2.75, 3.05) is 0 Å². The average Bonchev–Trinajstić information content (AvgIpc) is 1.64. The van der Waals surface area contributed by atoms with Crippen LogP contribution >= 0.6 is 0 Å². The third-order valence-electron chi connectivity index (χ3n) is 0.704. The van der Waals surface area contributed by atoms with Crippen molar-refractivity contribution >= 4 is 17.3 Å². The Morgan fingerprint density at radius 3 is 1.38 bits per heavy atom. The summed E-state index contributed by atoms with van der Waals surface area (Å²) in [6.07, 6.45) is 0. The van der Waals surface area contributed by atoms with Gasteiger partial charge in [-0.1, -0.05) is 0 Å². The summed E-state index contributed by atoms with van der Waals surface area (Å²) in [4.78, 5) is 20.3. The second-order valence-corrected chi connectivity index (χ2v) is 1.49. The van der Waals surface area contributed by atoms with Gasteiger partial charge in [0.2, 0.25) is 0 Å². The van der Waals surface area contributed by atoms with Crippen LogP contribution in [-0.2, 0) is 9.59 Å². The van der Waals surface area contributed by atoms with Crippen LogP contribution in [-0.4, -0.2) is 17.3 Å². The normalized spacial score (nSPS) is 8.25. The molecule has 0 fully saturated rings. The average molecular weight is 113 g/mol. The van der Waals surface area contributed by atoms with Gasteiger partial charge < -0.3 is 0 Å². The van der Waals surface area contributed by atoms with E-state index in [1.165, 1.54) is 13.8 Å². The van der Waals surface area contributed by atoms with Crippen molar-refractivity contribution < 1.29 is 9.59 Å². The van der Waals surface area contributed by atoms with E-state index in [9.17, 15) is 9.59 Å². The van der Waals surface area contributed by atoms with Gasteiger partial charge in [0.05, 0.1) is 0 Å². The number of carbonyl (C=O) groups is 2. The van der Waals surface area contributed by atoms with Gasteiger partial charge in [-0.25, -0.2) is 0 Å². The van der Waals surface area contributed by atoms with Crippen LogP contribution in [0.1, 0.15) is 13.8 Å². The lowest BCUT2D eigenvalue weighted by Gasteiger charge is -1.86. The molecule has 3 nitrogen and oxygen atoms in total. The molecule has 0 heterocycles. The Labute approximate surface area is 47.2 Å². The van der Waals surface area contributed by atoms with Gasteiger partial charge in [-0.15, -0.1) is 0 Å². The van der Waals surface area contributed by atoms with Gasteiger partial charge in [-0.2, -0.15) is 0 Å². The number of hydrogen-bond donors (Lipinski definition) is 1. The molecule has 44 valence electrons. The van der Waals surface area contributed by atoms with Crippen LogP contribution < -0.4 is 0 Å². The van der Waals surface area contributed by atoms with Crippen molar-refractivity contribution in [1.29, 1.82) is 5.41 Å².